The second-order valence-electron chi connectivity index (χ2n) is 4.63. The van der Waals surface area contributed by atoms with Crippen molar-refractivity contribution in [2.45, 2.75) is 70.7 Å². The van der Waals surface area contributed by atoms with E-state index in [9.17, 15) is 4.79 Å². The standard InChI is InChI=1S/C12H24N2O2/c1-4-9-11(7-6-8(3)14-9)16-10(5-2)12(13)15/h8-11,14H,4-7H2,1-3H3,(H2,13,15). The molecule has 3 N–H and O–H groups in total. The minimum atomic E-state index is -0.436. The van der Waals surface area contributed by atoms with Crippen LogP contribution in [0.25, 0.3) is 0 Å². The van der Waals surface area contributed by atoms with Crippen LogP contribution in [0.15, 0.2) is 0 Å². The highest BCUT2D eigenvalue weighted by Crippen LogP contribution is 2.20. The van der Waals surface area contributed by atoms with Crippen LogP contribution in [0.4, 0.5) is 0 Å². The van der Waals surface area contributed by atoms with Crippen LogP contribution in [-0.4, -0.2) is 30.2 Å². The lowest BCUT2D eigenvalue weighted by atomic mass is 9.94. The van der Waals surface area contributed by atoms with E-state index in [1.807, 2.05) is 6.92 Å². The van der Waals surface area contributed by atoms with Crippen LogP contribution >= 0.6 is 0 Å². The van der Waals surface area contributed by atoms with Gasteiger partial charge in [0.2, 0.25) is 5.91 Å². The van der Waals surface area contributed by atoms with Crippen LogP contribution in [0.1, 0.15) is 46.5 Å². The Bertz CT molecular complexity index is 233. The largest absolute Gasteiger partial charge is 0.367 e. The third kappa shape index (κ3) is 3.46. The van der Waals surface area contributed by atoms with Crippen molar-refractivity contribution >= 4 is 5.91 Å². The molecule has 1 saturated heterocycles. The number of carbonyl (C=O) groups excluding carboxylic acids is 1. The molecule has 1 aliphatic heterocycles. The van der Waals surface area contributed by atoms with Gasteiger partial charge < -0.3 is 15.8 Å². The van der Waals surface area contributed by atoms with E-state index in [4.69, 9.17) is 10.5 Å². The van der Waals surface area contributed by atoms with Gasteiger partial charge in [0, 0.05) is 12.1 Å². The maximum atomic E-state index is 11.1. The highest BCUT2D eigenvalue weighted by Gasteiger charge is 2.30. The number of amides is 1. The summed E-state index contributed by atoms with van der Waals surface area (Å²) in [5.41, 5.74) is 5.29. The Hall–Kier alpha value is -0.610. The van der Waals surface area contributed by atoms with E-state index in [0.717, 1.165) is 19.3 Å². The molecule has 16 heavy (non-hydrogen) atoms. The normalized spacial score (nSPS) is 32.3. The lowest BCUT2D eigenvalue weighted by Gasteiger charge is -2.37. The van der Waals surface area contributed by atoms with Gasteiger partial charge in [-0.25, -0.2) is 0 Å². The Morgan fingerprint density at radius 2 is 2.19 bits per heavy atom. The zero-order chi connectivity index (χ0) is 12.1. The van der Waals surface area contributed by atoms with Crippen LogP contribution < -0.4 is 11.1 Å². The fourth-order valence-electron chi connectivity index (χ4n) is 2.29. The molecule has 4 heteroatoms. The number of primary amides is 1. The predicted molar refractivity (Wildman–Crippen MR) is 64.1 cm³/mol. The first-order valence-electron chi connectivity index (χ1n) is 6.29. The molecule has 0 saturated carbocycles. The SMILES string of the molecule is CCC(OC1CCC(C)NC1CC)C(N)=O. The summed E-state index contributed by atoms with van der Waals surface area (Å²) in [5, 5.41) is 3.51. The first-order chi connectivity index (χ1) is 7.58. The number of rotatable bonds is 5. The first kappa shape index (κ1) is 13.5. The summed E-state index contributed by atoms with van der Waals surface area (Å²) in [6, 6.07) is 0.885. The lowest BCUT2D eigenvalue weighted by molar-refractivity contribution is -0.136. The van der Waals surface area contributed by atoms with Crippen molar-refractivity contribution in [3.63, 3.8) is 0 Å². The number of nitrogens with two attached hydrogens (primary N) is 1. The molecule has 0 radical (unpaired) electrons. The van der Waals surface area contributed by atoms with Gasteiger partial charge in [-0.15, -0.1) is 0 Å². The highest BCUT2D eigenvalue weighted by atomic mass is 16.5. The first-order valence-corrected chi connectivity index (χ1v) is 6.29. The molecule has 0 aromatic heterocycles. The predicted octanol–water partition coefficient (Wildman–Crippen LogP) is 1.19. The summed E-state index contributed by atoms with van der Waals surface area (Å²) >= 11 is 0. The van der Waals surface area contributed by atoms with E-state index in [1.165, 1.54) is 0 Å². The maximum Gasteiger partial charge on any atom is 0.246 e. The quantitative estimate of drug-likeness (QED) is 0.743. The smallest absolute Gasteiger partial charge is 0.246 e. The van der Waals surface area contributed by atoms with Gasteiger partial charge in [-0.1, -0.05) is 13.8 Å². The van der Waals surface area contributed by atoms with Gasteiger partial charge in [0.25, 0.3) is 0 Å². The number of hydrogen-bond acceptors (Lipinski definition) is 3. The van der Waals surface area contributed by atoms with E-state index < -0.39 is 6.10 Å². The third-order valence-electron chi connectivity index (χ3n) is 3.30. The Labute approximate surface area is 97.9 Å². The van der Waals surface area contributed by atoms with Crippen LogP contribution in [0, 0.1) is 0 Å². The van der Waals surface area contributed by atoms with Gasteiger partial charge in [-0.3, -0.25) is 4.79 Å². The van der Waals surface area contributed by atoms with Gasteiger partial charge in [-0.05, 0) is 32.6 Å². The number of piperidine rings is 1. The maximum absolute atomic E-state index is 11.1. The molecule has 94 valence electrons. The number of hydrogen-bond donors (Lipinski definition) is 2. The summed E-state index contributed by atoms with van der Waals surface area (Å²) in [6.07, 6.45) is 3.46. The van der Waals surface area contributed by atoms with Crippen molar-refractivity contribution in [3.05, 3.63) is 0 Å². The molecule has 4 unspecified atom stereocenters. The van der Waals surface area contributed by atoms with Gasteiger partial charge in [0.1, 0.15) is 6.10 Å². The van der Waals surface area contributed by atoms with Crippen LogP contribution in [0.3, 0.4) is 0 Å². The molecule has 0 aromatic rings. The molecule has 0 aromatic carbocycles. The Balaban J connectivity index is 2.54. The molecule has 1 heterocycles. The van der Waals surface area contributed by atoms with Crippen LogP contribution in [0.5, 0.6) is 0 Å². The zero-order valence-corrected chi connectivity index (χ0v) is 10.5. The number of nitrogens with one attached hydrogen (secondary N) is 1. The zero-order valence-electron chi connectivity index (χ0n) is 10.5. The second-order valence-corrected chi connectivity index (χ2v) is 4.63. The topological polar surface area (TPSA) is 64.3 Å². The van der Waals surface area contributed by atoms with Gasteiger partial charge in [0.15, 0.2) is 0 Å². The molecule has 0 spiro atoms. The van der Waals surface area contributed by atoms with E-state index in [1.54, 1.807) is 0 Å². The summed E-state index contributed by atoms with van der Waals surface area (Å²) in [5.74, 6) is -0.351. The van der Waals surface area contributed by atoms with Crippen molar-refractivity contribution in [1.82, 2.24) is 5.32 Å². The van der Waals surface area contributed by atoms with Crippen molar-refractivity contribution in [3.8, 4) is 0 Å². The Kier molecular flexibility index (Phi) is 5.22. The second kappa shape index (κ2) is 6.21. The van der Waals surface area contributed by atoms with Gasteiger partial charge >= 0.3 is 0 Å². The molecule has 1 rings (SSSR count). The van der Waals surface area contributed by atoms with E-state index >= 15 is 0 Å². The van der Waals surface area contributed by atoms with Crippen LogP contribution in [0.2, 0.25) is 0 Å². The fraction of sp³-hybridized carbons (Fsp3) is 0.917. The van der Waals surface area contributed by atoms with Crippen molar-refractivity contribution < 1.29 is 9.53 Å². The molecular weight excluding hydrogens is 204 g/mol. The number of carbonyl (C=O) groups is 1. The summed E-state index contributed by atoms with van der Waals surface area (Å²) in [6.45, 7) is 6.25. The average molecular weight is 228 g/mol. The third-order valence-corrected chi connectivity index (χ3v) is 3.30. The van der Waals surface area contributed by atoms with Crippen LogP contribution in [-0.2, 0) is 9.53 Å². The molecule has 0 aliphatic carbocycles. The summed E-state index contributed by atoms with van der Waals surface area (Å²) < 4.78 is 5.82. The Morgan fingerprint density at radius 3 is 2.69 bits per heavy atom. The molecular formula is C12H24N2O2. The van der Waals surface area contributed by atoms with Gasteiger partial charge in [0.05, 0.1) is 6.10 Å². The van der Waals surface area contributed by atoms with E-state index in [2.05, 4.69) is 19.2 Å². The molecule has 1 aliphatic rings. The fourth-order valence-corrected chi connectivity index (χ4v) is 2.29. The van der Waals surface area contributed by atoms with Gasteiger partial charge in [-0.2, -0.15) is 0 Å². The van der Waals surface area contributed by atoms with Crippen molar-refractivity contribution in [2.75, 3.05) is 0 Å². The minimum Gasteiger partial charge on any atom is -0.367 e. The molecule has 0 bridgehead atoms. The molecule has 1 fully saturated rings. The van der Waals surface area contributed by atoms with E-state index in [0.29, 0.717) is 18.5 Å². The minimum absolute atomic E-state index is 0.124. The molecule has 1 amide bonds. The monoisotopic (exact) mass is 228 g/mol. The summed E-state index contributed by atoms with van der Waals surface area (Å²) in [7, 11) is 0. The van der Waals surface area contributed by atoms with Crippen molar-refractivity contribution in [1.29, 1.82) is 0 Å². The average Bonchev–Trinajstić information content (AvgIpc) is 2.26. The van der Waals surface area contributed by atoms with E-state index in [-0.39, 0.29) is 12.0 Å². The van der Waals surface area contributed by atoms with Crippen molar-refractivity contribution in [2.24, 2.45) is 5.73 Å². The lowest BCUT2D eigenvalue weighted by Crippen LogP contribution is -2.52. The molecule has 4 nitrogen and oxygen atoms in total. The molecule has 4 atom stereocenters. The number of ether oxygens (including phenoxy) is 1. The summed E-state index contributed by atoms with van der Waals surface area (Å²) in [4.78, 5) is 11.1. The highest BCUT2D eigenvalue weighted by molar-refractivity contribution is 5.78. The Morgan fingerprint density at radius 1 is 1.50 bits per heavy atom.